The van der Waals surface area contributed by atoms with Gasteiger partial charge in [-0.15, -0.1) is 0 Å². The number of rotatable bonds is 6. The van der Waals surface area contributed by atoms with Crippen LogP contribution >= 0.6 is 0 Å². The summed E-state index contributed by atoms with van der Waals surface area (Å²) in [6, 6.07) is 12.9. The number of para-hydroxylation sites is 1. The lowest BCUT2D eigenvalue weighted by Gasteiger charge is -2.35. The van der Waals surface area contributed by atoms with Gasteiger partial charge in [-0.05, 0) is 24.3 Å². The van der Waals surface area contributed by atoms with Crippen LogP contribution in [0.4, 0.5) is 11.4 Å². The lowest BCUT2D eigenvalue weighted by Crippen LogP contribution is -2.50. The van der Waals surface area contributed by atoms with Gasteiger partial charge in [0.25, 0.3) is 11.6 Å². The molecular formula is C19H21N3O6S. The van der Waals surface area contributed by atoms with E-state index in [4.69, 9.17) is 4.74 Å². The molecule has 1 saturated heterocycles. The minimum absolute atomic E-state index is 0.0762. The molecule has 1 heterocycles. The molecule has 2 aromatic rings. The summed E-state index contributed by atoms with van der Waals surface area (Å²) in [5.74, 6) is 0.455. The van der Waals surface area contributed by atoms with Gasteiger partial charge in [-0.2, -0.15) is 0 Å². The van der Waals surface area contributed by atoms with Gasteiger partial charge in [0.05, 0.1) is 9.82 Å². The van der Waals surface area contributed by atoms with Crippen LogP contribution in [-0.4, -0.2) is 63.2 Å². The zero-order valence-electron chi connectivity index (χ0n) is 15.9. The van der Waals surface area contributed by atoms with Crippen molar-refractivity contribution in [3.63, 3.8) is 0 Å². The number of nitro groups is 1. The van der Waals surface area contributed by atoms with Gasteiger partial charge in [-0.1, -0.05) is 18.2 Å². The summed E-state index contributed by atoms with van der Waals surface area (Å²) in [4.78, 5) is 26.5. The molecule has 0 radical (unpaired) electrons. The molecule has 1 aliphatic rings. The number of hydrogen-bond donors (Lipinski definition) is 0. The number of hydrogen-bond acceptors (Lipinski definition) is 7. The first kappa shape index (κ1) is 20.6. The Kier molecular flexibility index (Phi) is 6.02. The Morgan fingerprint density at radius 2 is 1.76 bits per heavy atom. The fraction of sp³-hybridized carbons (Fsp3) is 0.316. The molecule has 3 rings (SSSR count). The normalized spacial score (nSPS) is 14.5. The van der Waals surface area contributed by atoms with E-state index in [9.17, 15) is 23.3 Å². The van der Waals surface area contributed by atoms with Crippen molar-refractivity contribution in [2.45, 2.75) is 4.90 Å². The molecular weight excluding hydrogens is 398 g/mol. The highest BCUT2D eigenvalue weighted by Crippen LogP contribution is 2.31. The van der Waals surface area contributed by atoms with Crippen molar-refractivity contribution in [3.8, 4) is 5.75 Å². The molecule has 0 aliphatic carbocycles. The van der Waals surface area contributed by atoms with Crippen LogP contribution in [0.3, 0.4) is 0 Å². The van der Waals surface area contributed by atoms with Gasteiger partial charge in [0.15, 0.2) is 16.4 Å². The van der Waals surface area contributed by atoms with Crippen molar-refractivity contribution in [1.29, 1.82) is 0 Å². The Labute approximate surface area is 168 Å². The third-order valence-corrected chi connectivity index (χ3v) is 5.76. The first-order valence-electron chi connectivity index (χ1n) is 8.95. The predicted octanol–water partition coefficient (Wildman–Crippen LogP) is 1.73. The molecule has 0 bridgehead atoms. The smallest absolute Gasteiger partial charge is 0.293 e. The van der Waals surface area contributed by atoms with Crippen LogP contribution in [0.2, 0.25) is 0 Å². The monoisotopic (exact) mass is 419 g/mol. The van der Waals surface area contributed by atoms with E-state index in [2.05, 4.69) is 0 Å². The highest BCUT2D eigenvalue weighted by Gasteiger charge is 2.27. The Morgan fingerprint density at radius 3 is 2.34 bits per heavy atom. The average molecular weight is 419 g/mol. The highest BCUT2D eigenvalue weighted by atomic mass is 32.2. The third kappa shape index (κ3) is 5.02. The summed E-state index contributed by atoms with van der Waals surface area (Å²) in [5.41, 5.74) is 0.0788. The lowest BCUT2D eigenvalue weighted by atomic mass is 10.2. The largest absolute Gasteiger partial charge is 0.484 e. The second-order valence-corrected chi connectivity index (χ2v) is 8.67. The molecule has 29 heavy (non-hydrogen) atoms. The summed E-state index contributed by atoms with van der Waals surface area (Å²) < 4.78 is 28.8. The Morgan fingerprint density at radius 1 is 1.10 bits per heavy atom. The van der Waals surface area contributed by atoms with Crippen LogP contribution in [0.25, 0.3) is 0 Å². The molecule has 10 heteroatoms. The van der Waals surface area contributed by atoms with Crippen molar-refractivity contribution in [3.05, 3.63) is 58.6 Å². The number of ether oxygens (including phenoxy) is 1. The molecule has 154 valence electrons. The van der Waals surface area contributed by atoms with Gasteiger partial charge in [0.1, 0.15) is 11.4 Å². The first-order chi connectivity index (χ1) is 13.8. The number of nitro benzene ring substituents is 1. The van der Waals surface area contributed by atoms with E-state index in [-0.39, 0.29) is 23.1 Å². The fourth-order valence-electron chi connectivity index (χ4n) is 3.10. The van der Waals surface area contributed by atoms with E-state index in [1.165, 1.54) is 12.1 Å². The van der Waals surface area contributed by atoms with Crippen LogP contribution in [0.5, 0.6) is 5.75 Å². The molecule has 1 fully saturated rings. The predicted molar refractivity (Wildman–Crippen MR) is 107 cm³/mol. The molecule has 0 atom stereocenters. The van der Waals surface area contributed by atoms with Gasteiger partial charge in [0.2, 0.25) is 0 Å². The quantitative estimate of drug-likeness (QED) is 0.518. The SMILES string of the molecule is CS(=O)(=O)c1ccc(N2CCN(C(=O)COc3ccccc3)CC2)c([N+](=O)[O-])c1. The number of benzene rings is 2. The first-order valence-corrected chi connectivity index (χ1v) is 10.8. The zero-order valence-corrected chi connectivity index (χ0v) is 16.7. The fourth-order valence-corrected chi connectivity index (χ4v) is 3.74. The maximum atomic E-state index is 12.4. The molecule has 2 aromatic carbocycles. The van der Waals surface area contributed by atoms with Gasteiger partial charge in [0, 0.05) is 38.5 Å². The average Bonchev–Trinajstić information content (AvgIpc) is 2.71. The van der Waals surface area contributed by atoms with E-state index < -0.39 is 14.8 Å². The van der Waals surface area contributed by atoms with E-state index in [0.29, 0.717) is 37.6 Å². The summed E-state index contributed by atoms with van der Waals surface area (Å²) in [7, 11) is -3.55. The van der Waals surface area contributed by atoms with E-state index >= 15 is 0 Å². The summed E-state index contributed by atoms with van der Waals surface area (Å²) >= 11 is 0. The standard InChI is InChI=1S/C19H21N3O6S/c1-29(26,27)16-7-8-17(18(13-16)22(24)25)20-9-11-21(12-10-20)19(23)14-28-15-5-3-2-4-6-15/h2-8,13H,9-12,14H2,1H3. The number of amides is 1. The second kappa shape index (κ2) is 8.48. The van der Waals surface area contributed by atoms with Crippen LogP contribution in [-0.2, 0) is 14.6 Å². The number of anilines is 1. The van der Waals surface area contributed by atoms with Crippen molar-refractivity contribution >= 4 is 27.1 Å². The van der Waals surface area contributed by atoms with E-state index in [0.717, 1.165) is 12.3 Å². The molecule has 0 spiro atoms. The topological polar surface area (TPSA) is 110 Å². The number of sulfone groups is 1. The highest BCUT2D eigenvalue weighted by molar-refractivity contribution is 7.90. The van der Waals surface area contributed by atoms with Crippen LogP contribution in [0.15, 0.2) is 53.4 Å². The minimum atomic E-state index is -3.55. The van der Waals surface area contributed by atoms with Crippen LogP contribution < -0.4 is 9.64 Å². The van der Waals surface area contributed by atoms with Gasteiger partial charge < -0.3 is 14.5 Å². The van der Waals surface area contributed by atoms with Crippen molar-refractivity contribution in [1.82, 2.24) is 4.90 Å². The van der Waals surface area contributed by atoms with E-state index in [1.807, 2.05) is 18.2 Å². The number of piperazine rings is 1. The molecule has 9 nitrogen and oxygen atoms in total. The van der Waals surface area contributed by atoms with E-state index in [1.54, 1.807) is 21.9 Å². The zero-order chi connectivity index (χ0) is 21.0. The Bertz CT molecular complexity index is 1000. The molecule has 1 amide bonds. The molecule has 0 aromatic heterocycles. The minimum Gasteiger partial charge on any atom is -0.484 e. The van der Waals surface area contributed by atoms with Crippen molar-refractivity contribution in [2.75, 3.05) is 43.9 Å². The van der Waals surface area contributed by atoms with Crippen LogP contribution in [0.1, 0.15) is 0 Å². The van der Waals surface area contributed by atoms with Gasteiger partial charge in [-0.25, -0.2) is 8.42 Å². The summed E-state index contributed by atoms with van der Waals surface area (Å²) in [6.07, 6.45) is 1.01. The van der Waals surface area contributed by atoms with Gasteiger partial charge in [-0.3, -0.25) is 14.9 Å². The maximum Gasteiger partial charge on any atom is 0.293 e. The molecule has 0 unspecified atom stereocenters. The maximum absolute atomic E-state index is 12.4. The van der Waals surface area contributed by atoms with Gasteiger partial charge >= 0.3 is 0 Å². The Balaban J connectivity index is 1.64. The molecule has 0 N–H and O–H groups in total. The molecule has 1 aliphatic heterocycles. The summed E-state index contributed by atoms with van der Waals surface area (Å²) in [6.45, 7) is 1.50. The number of carbonyl (C=O) groups excluding carboxylic acids is 1. The number of nitrogens with zero attached hydrogens (tertiary/aromatic N) is 3. The number of carbonyl (C=O) groups is 1. The third-order valence-electron chi connectivity index (χ3n) is 4.65. The second-order valence-electron chi connectivity index (χ2n) is 6.65. The molecule has 0 saturated carbocycles. The Hall–Kier alpha value is -3.14. The lowest BCUT2D eigenvalue weighted by molar-refractivity contribution is -0.384. The van der Waals surface area contributed by atoms with Crippen LogP contribution in [0, 0.1) is 10.1 Å². The summed E-state index contributed by atoms with van der Waals surface area (Å²) in [5, 5.41) is 11.4. The van der Waals surface area contributed by atoms with Crippen molar-refractivity contribution in [2.24, 2.45) is 0 Å². The van der Waals surface area contributed by atoms with Crippen molar-refractivity contribution < 1.29 is 22.9 Å².